The van der Waals surface area contributed by atoms with Crippen molar-refractivity contribution < 1.29 is 31.3 Å². The van der Waals surface area contributed by atoms with Gasteiger partial charge in [0.1, 0.15) is 0 Å². The second-order valence-electron chi connectivity index (χ2n) is 6.03. The molecule has 0 fully saturated rings. The number of fused-ring (bicyclic) bond motifs is 1. The van der Waals surface area contributed by atoms with Crippen LogP contribution < -0.4 is 0 Å². The van der Waals surface area contributed by atoms with Gasteiger partial charge in [0.25, 0.3) is 11.8 Å². The van der Waals surface area contributed by atoms with Crippen LogP contribution >= 0.6 is 0 Å². The summed E-state index contributed by atoms with van der Waals surface area (Å²) >= 11 is 0. The van der Waals surface area contributed by atoms with Gasteiger partial charge in [0, 0.05) is 6.42 Å². The van der Waals surface area contributed by atoms with Gasteiger partial charge in [-0.2, -0.15) is 0 Å². The molecule has 2 rings (SSSR count). The molecule has 0 spiro atoms. The lowest BCUT2D eigenvalue weighted by atomic mass is 10.1. The van der Waals surface area contributed by atoms with E-state index in [0.717, 1.165) is 6.42 Å². The van der Waals surface area contributed by atoms with Crippen LogP contribution in [0.4, 0.5) is 17.3 Å². The number of benzene rings is 1. The van der Waals surface area contributed by atoms with Gasteiger partial charge in [-0.15, -0.1) is 0 Å². The van der Waals surface area contributed by atoms with Crippen LogP contribution in [0, 0.1) is 0 Å². The molecule has 128 valence electrons. The summed E-state index contributed by atoms with van der Waals surface area (Å²) in [7, 11) is -0.00681. The SMILES string of the molecule is CCC(N1C(=O)c2ccccc2C1=O)[N+](C)(C)C.F[B-](F)(F)F. The lowest BCUT2D eigenvalue weighted by molar-refractivity contribution is -0.905. The summed E-state index contributed by atoms with van der Waals surface area (Å²) in [6, 6.07) is 7.02. The van der Waals surface area contributed by atoms with Crippen molar-refractivity contribution in [2.45, 2.75) is 19.5 Å². The van der Waals surface area contributed by atoms with Gasteiger partial charge >= 0.3 is 7.25 Å². The van der Waals surface area contributed by atoms with Crippen molar-refractivity contribution in [3.05, 3.63) is 35.4 Å². The normalized spacial score (nSPS) is 15.9. The van der Waals surface area contributed by atoms with E-state index in [-0.39, 0.29) is 18.0 Å². The maximum atomic E-state index is 12.3. The monoisotopic (exact) mass is 334 g/mol. The second kappa shape index (κ2) is 6.70. The fourth-order valence-corrected chi connectivity index (χ4v) is 2.56. The lowest BCUT2D eigenvalue weighted by Crippen LogP contribution is -2.56. The van der Waals surface area contributed by atoms with Crippen LogP contribution in [-0.4, -0.2) is 55.8 Å². The zero-order chi connectivity index (χ0) is 18.0. The van der Waals surface area contributed by atoms with E-state index < -0.39 is 7.25 Å². The maximum absolute atomic E-state index is 12.3. The number of carbonyl (C=O) groups excluding carboxylic acids is 2. The summed E-state index contributed by atoms with van der Waals surface area (Å²) in [5.74, 6) is -0.342. The highest BCUT2D eigenvalue weighted by molar-refractivity contribution is 6.50. The molecular formula is C14H19BF4N2O2. The highest BCUT2D eigenvalue weighted by Crippen LogP contribution is 2.27. The molecule has 0 aromatic heterocycles. The summed E-state index contributed by atoms with van der Waals surface area (Å²) in [5, 5.41) is 0. The molecule has 0 bridgehead atoms. The van der Waals surface area contributed by atoms with Crippen molar-refractivity contribution >= 4 is 19.1 Å². The molecule has 2 amide bonds. The molecule has 1 heterocycles. The Morgan fingerprint density at radius 1 is 1.00 bits per heavy atom. The lowest BCUT2D eigenvalue weighted by Gasteiger charge is -2.37. The van der Waals surface area contributed by atoms with E-state index in [1.165, 1.54) is 4.90 Å². The van der Waals surface area contributed by atoms with Gasteiger partial charge in [0.15, 0.2) is 6.17 Å². The molecule has 0 N–H and O–H groups in total. The largest absolute Gasteiger partial charge is 0.673 e. The number of nitrogens with zero attached hydrogens (tertiary/aromatic N) is 2. The van der Waals surface area contributed by atoms with E-state index >= 15 is 0 Å². The first-order valence-corrected chi connectivity index (χ1v) is 7.03. The minimum Gasteiger partial charge on any atom is -0.418 e. The molecule has 1 aromatic carbocycles. The molecule has 4 nitrogen and oxygen atoms in total. The molecule has 23 heavy (non-hydrogen) atoms. The predicted molar refractivity (Wildman–Crippen MR) is 79.2 cm³/mol. The average molecular weight is 334 g/mol. The van der Waals surface area contributed by atoms with E-state index in [1.807, 2.05) is 28.1 Å². The third-order valence-electron chi connectivity index (χ3n) is 3.38. The third kappa shape index (κ3) is 4.79. The third-order valence-corrected chi connectivity index (χ3v) is 3.38. The average Bonchev–Trinajstić information content (AvgIpc) is 2.62. The zero-order valence-electron chi connectivity index (χ0n) is 13.4. The van der Waals surface area contributed by atoms with Gasteiger partial charge in [-0.05, 0) is 12.1 Å². The summed E-state index contributed by atoms with van der Waals surface area (Å²) in [5.41, 5.74) is 1.05. The van der Waals surface area contributed by atoms with E-state index in [1.54, 1.807) is 24.3 Å². The summed E-state index contributed by atoms with van der Waals surface area (Å²) in [6.45, 7) is 2.00. The Labute approximate surface area is 132 Å². The van der Waals surface area contributed by atoms with E-state index in [2.05, 4.69) is 0 Å². The quantitative estimate of drug-likeness (QED) is 0.369. The van der Waals surface area contributed by atoms with E-state index in [9.17, 15) is 26.9 Å². The van der Waals surface area contributed by atoms with Crippen LogP contribution in [-0.2, 0) is 0 Å². The first kappa shape index (κ1) is 19.2. The van der Waals surface area contributed by atoms with Crippen molar-refractivity contribution in [2.24, 2.45) is 0 Å². The molecule has 1 atom stereocenters. The number of quaternary nitrogens is 1. The summed E-state index contributed by atoms with van der Waals surface area (Å²) in [6.07, 6.45) is 0.618. The first-order valence-electron chi connectivity index (χ1n) is 7.03. The van der Waals surface area contributed by atoms with Crippen molar-refractivity contribution in [3.63, 3.8) is 0 Å². The van der Waals surface area contributed by atoms with Gasteiger partial charge in [-0.1, -0.05) is 19.1 Å². The smallest absolute Gasteiger partial charge is 0.418 e. The Balaban J connectivity index is 0.000000463. The standard InChI is InChI=1S/C14H19N2O2.BF4/c1-5-12(16(2,3)4)15-13(17)10-8-6-7-9-11(10)14(15)18;2-1(3,4)5/h6-9,12H,5H2,1-4H3;/q+1;-1. The minimum absolute atomic E-state index is 0.127. The molecule has 0 saturated carbocycles. The fourth-order valence-electron chi connectivity index (χ4n) is 2.56. The summed E-state index contributed by atoms with van der Waals surface area (Å²) < 4.78 is 39.6. The number of hydrogen-bond acceptors (Lipinski definition) is 2. The van der Waals surface area contributed by atoms with Gasteiger partial charge in [0.2, 0.25) is 0 Å². The highest BCUT2D eigenvalue weighted by Gasteiger charge is 2.44. The van der Waals surface area contributed by atoms with Crippen molar-refractivity contribution in [2.75, 3.05) is 21.1 Å². The molecule has 9 heteroatoms. The topological polar surface area (TPSA) is 37.4 Å². The molecule has 1 aliphatic rings. The molecule has 0 saturated heterocycles. The number of imide groups is 1. The van der Waals surface area contributed by atoms with Crippen LogP contribution in [0.2, 0.25) is 0 Å². The maximum Gasteiger partial charge on any atom is 0.673 e. The number of amides is 2. The molecule has 1 aliphatic heterocycles. The van der Waals surface area contributed by atoms with Crippen LogP contribution in [0.5, 0.6) is 0 Å². The van der Waals surface area contributed by atoms with Crippen LogP contribution in [0.25, 0.3) is 0 Å². The van der Waals surface area contributed by atoms with Crippen LogP contribution in [0.1, 0.15) is 34.1 Å². The number of halogens is 4. The van der Waals surface area contributed by atoms with Crippen molar-refractivity contribution in [1.82, 2.24) is 4.90 Å². The predicted octanol–water partition coefficient (Wildman–Crippen LogP) is 3.02. The fraction of sp³-hybridized carbons (Fsp3) is 0.429. The van der Waals surface area contributed by atoms with Crippen molar-refractivity contribution in [1.29, 1.82) is 0 Å². The number of carbonyl (C=O) groups is 2. The van der Waals surface area contributed by atoms with Gasteiger partial charge in [-0.25, -0.2) is 4.90 Å². The Morgan fingerprint density at radius 3 is 1.61 bits per heavy atom. The Hall–Kier alpha value is -1.90. The number of rotatable bonds is 3. The minimum atomic E-state index is -6.00. The Kier molecular flexibility index (Phi) is 5.58. The van der Waals surface area contributed by atoms with E-state index in [4.69, 9.17) is 0 Å². The highest BCUT2D eigenvalue weighted by atomic mass is 19.5. The summed E-state index contributed by atoms with van der Waals surface area (Å²) in [4.78, 5) is 26.1. The Morgan fingerprint density at radius 2 is 1.35 bits per heavy atom. The zero-order valence-corrected chi connectivity index (χ0v) is 13.4. The molecule has 1 unspecified atom stereocenters. The first-order chi connectivity index (χ1) is 10.4. The molecule has 1 aromatic rings. The molecular weight excluding hydrogens is 315 g/mol. The van der Waals surface area contributed by atoms with Crippen LogP contribution in [0.3, 0.4) is 0 Å². The molecule has 0 radical (unpaired) electrons. The van der Waals surface area contributed by atoms with Gasteiger partial charge in [-0.3, -0.25) is 9.59 Å². The van der Waals surface area contributed by atoms with Crippen molar-refractivity contribution in [3.8, 4) is 0 Å². The number of hydrogen-bond donors (Lipinski definition) is 0. The Bertz CT molecular complexity index is 558. The molecule has 0 aliphatic carbocycles. The second-order valence-corrected chi connectivity index (χ2v) is 6.03. The van der Waals surface area contributed by atoms with Gasteiger partial charge < -0.3 is 21.7 Å². The van der Waals surface area contributed by atoms with E-state index in [0.29, 0.717) is 15.6 Å². The van der Waals surface area contributed by atoms with Crippen LogP contribution in [0.15, 0.2) is 24.3 Å². The van der Waals surface area contributed by atoms with Gasteiger partial charge in [0.05, 0.1) is 32.3 Å².